The molecule has 0 saturated heterocycles. The SMILES string of the molecule is COC(=O)c1ccc2c(c1)C(C)(c1cc3c(cc1C)C(C)(C)CCC3(C)C)CO2. The Balaban J connectivity index is 1.91. The number of ether oxygens (including phenoxy) is 2. The number of aryl methyl sites for hydroxylation is 1. The van der Waals surface area contributed by atoms with Crippen LogP contribution in [0.5, 0.6) is 5.75 Å². The highest BCUT2D eigenvalue weighted by atomic mass is 16.5. The van der Waals surface area contributed by atoms with Crippen molar-refractivity contribution < 1.29 is 14.3 Å². The van der Waals surface area contributed by atoms with Crippen LogP contribution in [0.2, 0.25) is 0 Å². The second-order valence-electron chi connectivity index (χ2n) is 10.3. The van der Waals surface area contributed by atoms with Crippen molar-refractivity contribution in [1.82, 2.24) is 0 Å². The van der Waals surface area contributed by atoms with Gasteiger partial charge in [0, 0.05) is 5.56 Å². The zero-order valence-electron chi connectivity index (χ0n) is 18.7. The van der Waals surface area contributed by atoms with Crippen LogP contribution in [0.15, 0.2) is 30.3 Å². The Hall–Kier alpha value is -2.29. The molecule has 2 aliphatic rings. The van der Waals surface area contributed by atoms with Crippen molar-refractivity contribution in [3.63, 3.8) is 0 Å². The van der Waals surface area contributed by atoms with E-state index in [-0.39, 0.29) is 22.2 Å². The minimum atomic E-state index is -0.313. The zero-order valence-corrected chi connectivity index (χ0v) is 18.7. The first-order chi connectivity index (χ1) is 13.5. The molecule has 1 unspecified atom stereocenters. The third kappa shape index (κ3) is 2.97. The van der Waals surface area contributed by atoms with E-state index in [2.05, 4.69) is 53.7 Å². The van der Waals surface area contributed by atoms with E-state index in [4.69, 9.17) is 9.47 Å². The molecule has 1 aliphatic carbocycles. The van der Waals surface area contributed by atoms with E-state index in [1.165, 1.54) is 42.2 Å². The topological polar surface area (TPSA) is 35.5 Å². The minimum absolute atomic E-state index is 0.153. The number of esters is 1. The van der Waals surface area contributed by atoms with Gasteiger partial charge in [0.15, 0.2) is 0 Å². The number of fused-ring (bicyclic) bond motifs is 2. The van der Waals surface area contributed by atoms with Crippen LogP contribution < -0.4 is 4.74 Å². The molecule has 1 aliphatic heterocycles. The third-order valence-corrected chi connectivity index (χ3v) is 7.30. The minimum Gasteiger partial charge on any atom is -0.492 e. The quantitative estimate of drug-likeness (QED) is 0.603. The summed E-state index contributed by atoms with van der Waals surface area (Å²) >= 11 is 0. The van der Waals surface area contributed by atoms with Gasteiger partial charge in [-0.05, 0) is 78.0 Å². The Morgan fingerprint density at radius 1 is 0.897 bits per heavy atom. The maximum atomic E-state index is 12.1. The molecule has 0 N–H and O–H groups in total. The summed E-state index contributed by atoms with van der Waals surface area (Å²) in [6.07, 6.45) is 2.39. The molecule has 4 rings (SSSR count). The van der Waals surface area contributed by atoms with Crippen LogP contribution in [0.1, 0.15) is 85.6 Å². The second-order valence-corrected chi connectivity index (χ2v) is 10.3. The van der Waals surface area contributed by atoms with Gasteiger partial charge < -0.3 is 9.47 Å². The first-order valence-electron chi connectivity index (χ1n) is 10.5. The van der Waals surface area contributed by atoms with E-state index in [1.807, 2.05) is 12.1 Å². The standard InChI is InChI=1S/C26H32O3/c1-16-12-19-20(25(4,5)11-10-24(19,2)3)14-18(16)26(6)15-29-22-9-8-17(13-21(22)26)23(27)28-7/h8-9,12-14H,10-11,15H2,1-7H3. The van der Waals surface area contributed by atoms with Crippen molar-refractivity contribution in [2.45, 2.75) is 70.6 Å². The molecule has 3 nitrogen and oxygen atoms in total. The molecule has 0 bridgehead atoms. The number of rotatable bonds is 2. The Labute approximate surface area is 174 Å². The molecule has 0 radical (unpaired) electrons. The van der Waals surface area contributed by atoms with Gasteiger partial charge in [-0.15, -0.1) is 0 Å². The maximum Gasteiger partial charge on any atom is 0.337 e. The first-order valence-corrected chi connectivity index (χ1v) is 10.5. The van der Waals surface area contributed by atoms with E-state index >= 15 is 0 Å². The van der Waals surface area contributed by atoms with Crippen LogP contribution in [0.3, 0.4) is 0 Å². The van der Waals surface area contributed by atoms with Crippen molar-refractivity contribution in [2.24, 2.45) is 0 Å². The lowest BCUT2D eigenvalue weighted by molar-refractivity contribution is 0.0600. The summed E-state index contributed by atoms with van der Waals surface area (Å²) in [6.45, 7) is 14.5. The summed E-state index contributed by atoms with van der Waals surface area (Å²) in [6, 6.07) is 10.4. The van der Waals surface area contributed by atoms with Crippen LogP contribution in [0.25, 0.3) is 0 Å². The fraction of sp³-hybridized carbons (Fsp3) is 0.500. The molecule has 154 valence electrons. The van der Waals surface area contributed by atoms with Gasteiger partial charge in [-0.1, -0.05) is 39.8 Å². The molecule has 1 atom stereocenters. The fourth-order valence-electron chi connectivity index (χ4n) is 5.17. The van der Waals surface area contributed by atoms with E-state index < -0.39 is 0 Å². The summed E-state index contributed by atoms with van der Waals surface area (Å²) in [4.78, 5) is 12.1. The van der Waals surface area contributed by atoms with Gasteiger partial charge in [-0.3, -0.25) is 0 Å². The zero-order chi connectivity index (χ0) is 21.2. The highest BCUT2D eigenvalue weighted by molar-refractivity contribution is 5.90. The van der Waals surface area contributed by atoms with Crippen LogP contribution in [0, 0.1) is 6.92 Å². The predicted molar refractivity (Wildman–Crippen MR) is 116 cm³/mol. The number of carbonyl (C=O) groups is 1. The lowest BCUT2D eigenvalue weighted by atomic mass is 9.61. The van der Waals surface area contributed by atoms with E-state index in [9.17, 15) is 4.79 Å². The van der Waals surface area contributed by atoms with Crippen molar-refractivity contribution in [3.05, 3.63) is 63.7 Å². The Bertz CT molecular complexity index is 999. The number of methoxy groups -OCH3 is 1. The average molecular weight is 393 g/mol. The van der Waals surface area contributed by atoms with Gasteiger partial charge in [-0.2, -0.15) is 0 Å². The second kappa shape index (κ2) is 6.35. The van der Waals surface area contributed by atoms with Gasteiger partial charge in [0.2, 0.25) is 0 Å². The summed E-state index contributed by atoms with van der Waals surface area (Å²) < 4.78 is 11.0. The predicted octanol–water partition coefficient (Wildman–Crippen LogP) is 5.83. The lowest BCUT2D eigenvalue weighted by Crippen LogP contribution is -2.35. The molecular weight excluding hydrogens is 360 g/mol. The molecule has 2 aromatic carbocycles. The van der Waals surface area contributed by atoms with Crippen molar-refractivity contribution >= 4 is 5.97 Å². The van der Waals surface area contributed by atoms with Crippen molar-refractivity contribution in [2.75, 3.05) is 13.7 Å². The van der Waals surface area contributed by atoms with Gasteiger partial charge in [0.1, 0.15) is 12.4 Å². The van der Waals surface area contributed by atoms with Crippen molar-refractivity contribution in [3.8, 4) is 5.75 Å². The smallest absolute Gasteiger partial charge is 0.337 e. The van der Waals surface area contributed by atoms with Gasteiger partial charge in [-0.25, -0.2) is 4.79 Å². The molecule has 29 heavy (non-hydrogen) atoms. The molecule has 3 heteroatoms. The van der Waals surface area contributed by atoms with Gasteiger partial charge in [0.05, 0.1) is 18.1 Å². The van der Waals surface area contributed by atoms with Crippen LogP contribution in [-0.2, 0) is 21.0 Å². The molecular formula is C26H32O3. The normalized spacial score (nSPS) is 23.7. The lowest BCUT2D eigenvalue weighted by Gasteiger charge is -2.43. The summed E-state index contributed by atoms with van der Waals surface area (Å²) in [5.74, 6) is 0.545. The highest BCUT2D eigenvalue weighted by Crippen LogP contribution is 2.50. The Morgan fingerprint density at radius 3 is 2.14 bits per heavy atom. The number of benzene rings is 2. The number of carbonyl (C=O) groups excluding carboxylic acids is 1. The van der Waals surface area contributed by atoms with Gasteiger partial charge >= 0.3 is 5.97 Å². The van der Waals surface area contributed by atoms with E-state index in [1.54, 1.807) is 6.07 Å². The molecule has 1 heterocycles. The summed E-state index contributed by atoms with van der Waals surface area (Å²) in [7, 11) is 1.42. The molecule has 0 saturated carbocycles. The molecule has 0 amide bonds. The van der Waals surface area contributed by atoms with Crippen LogP contribution in [0.4, 0.5) is 0 Å². The Morgan fingerprint density at radius 2 is 1.52 bits per heavy atom. The number of hydrogen-bond donors (Lipinski definition) is 0. The largest absolute Gasteiger partial charge is 0.492 e. The van der Waals surface area contributed by atoms with Crippen LogP contribution >= 0.6 is 0 Å². The average Bonchev–Trinajstić information content (AvgIpc) is 3.02. The number of hydrogen-bond acceptors (Lipinski definition) is 3. The fourth-order valence-corrected chi connectivity index (χ4v) is 5.17. The van der Waals surface area contributed by atoms with E-state index in [0.29, 0.717) is 12.2 Å². The van der Waals surface area contributed by atoms with Crippen LogP contribution in [-0.4, -0.2) is 19.7 Å². The third-order valence-electron chi connectivity index (χ3n) is 7.30. The maximum absolute atomic E-state index is 12.1. The molecule has 2 aromatic rings. The monoisotopic (exact) mass is 392 g/mol. The summed E-state index contributed by atoms with van der Waals surface area (Å²) in [5.41, 5.74) is 7.19. The first kappa shape index (κ1) is 20.0. The molecule has 0 fully saturated rings. The van der Waals surface area contributed by atoms with E-state index in [0.717, 1.165) is 11.3 Å². The van der Waals surface area contributed by atoms with Crippen molar-refractivity contribution in [1.29, 1.82) is 0 Å². The molecule has 0 spiro atoms. The summed E-state index contributed by atoms with van der Waals surface area (Å²) in [5, 5.41) is 0. The molecule has 0 aromatic heterocycles. The van der Waals surface area contributed by atoms with Gasteiger partial charge in [0.25, 0.3) is 0 Å². The highest BCUT2D eigenvalue weighted by Gasteiger charge is 2.43. The Kier molecular flexibility index (Phi) is 4.38.